The minimum absolute atomic E-state index is 0.240. The molecular weight excluding hydrogens is 364 g/mol. The summed E-state index contributed by atoms with van der Waals surface area (Å²) in [7, 11) is 3.47. The Morgan fingerprint density at radius 1 is 1.10 bits per heavy atom. The molecule has 142 valence electrons. The molecule has 0 aliphatic heterocycles. The molecule has 29 heavy (non-hydrogen) atoms. The van der Waals surface area contributed by atoms with Crippen molar-refractivity contribution in [3.63, 3.8) is 0 Å². The van der Waals surface area contributed by atoms with Crippen LogP contribution in [0.5, 0.6) is 5.75 Å². The quantitative estimate of drug-likeness (QED) is 0.568. The number of amides is 1. The van der Waals surface area contributed by atoms with Crippen molar-refractivity contribution in [2.75, 3.05) is 12.4 Å². The molecule has 0 aliphatic rings. The summed E-state index contributed by atoms with van der Waals surface area (Å²) < 4.78 is 7.24. The van der Waals surface area contributed by atoms with E-state index in [1.807, 2.05) is 48.0 Å². The van der Waals surface area contributed by atoms with Crippen LogP contribution in [0.25, 0.3) is 22.4 Å². The summed E-state index contributed by atoms with van der Waals surface area (Å²) >= 11 is 0. The third kappa shape index (κ3) is 3.42. The highest BCUT2D eigenvalue weighted by Crippen LogP contribution is 2.27. The Hall–Kier alpha value is -4.11. The smallest absolute Gasteiger partial charge is 0.259 e. The highest BCUT2D eigenvalue weighted by atomic mass is 16.5. The van der Waals surface area contributed by atoms with Gasteiger partial charge in [-0.1, -0.05) is 12.1 Å². The standard InChI is InChI=1S/C23H18N4O2/c1-27-20-13-17(25-23(28)18-5-3-4-6-21(18)29-2)11-12-19(20)26-22(27)16-9-7-15(14-24)8-10-16/h3-13H,1-2H3,(H,25,28). The molecular formula is C23H18N4O2. The van der Waals surface area contributed by atoms with Gasteiger partial charge in [0.2, 0.25) is 0 Å². The third-order valence-electron chi connectivity index (χ3n) is 4.76. The Kier molecular flexibility index (Phi) is 4.71. The number of hydrogen-bond donors (Lipinski definition) is 1. The predicted molar refractivity (Wildman–Crippen MR) is 112 cm³/mol. The highest BCUT2D eigenvalue weighted by molar-refractivity contribution is 6.06. The number of fused-ring (bicyclic) bond motifs is 1. The van der Waals surface area contributed by atoms with Gasteiger partial charge in [-0.3, -0.25) is 4.79 Å². The van der Waals surface area contributed by atoms with Gasteiger partial charge in [-0.2, -0.15) is 5.26 Å². The Labute approximate surface area is 168 Å². The number of nitriles is 1. The van der Waals surface area contributed by atoms with Gasteiger partial charge in [-0.05, 0) is 54.6 Å². The first-order valence-corrected chi connectivity index (χ1v) is 9.02. The molecule has 1 heterocycles. The van der Waals surface area contributed by atoms with E-state index in [-0.39, 0.29) is 5.91 Å². The predicted octanol–water partition coefficient (Wildman–Crippen LogP) is 4.37. The van der Waals surface area contributed by atoms with Crippen LogP contribution in [0.2, 0.25) is 0 Å². The van der Waals surface area contributed by atoms with Crippen LogP contribution in [0.1, 0.15) is 15.9 Å². The van der Waals surface area contributed by atoms with Gasteiger partial charge in [0.25, 0.3) is 5.91 Å². The molecule has 4 aromatic rings. The minimum Gasteiger partial charge on any atom is -0.496 e. The van der Waals surface area contributed by atoms with Crippen molar-refractivity contribution in [3.8, 4) is 23.2 Å². The van der Waals surface area contributed by atoms with Crippen molar-refractivity contribution in [1.82, 2.24) is 9.55 Å². The number of nitrogens with zero attached hydrogens (tertiary/aromatic N) is 3. The first kappa shape index (κ1) is 18.3. The molecule has 0 radical (unpaired) electrons. The van der Waals surface area contributed by atoms with E-state index < -0.39 is 0 Å². The zero-order chi connectivity index (χ0) is 20.4. The lowest BCUT2D eigenvalue weighted by Gasteiger charge is -2.09. The van der Waals surface area contributed by atoms with E-state index in [4.69, 9.17) is 15.0 Å². The summed E-state index contributed by atoms with van der Waals surface area (Å²) in [5.41, 5.74) is 4.38. The normalized spacial score (nSPS) is 10.5. The monoisotopic (exact) mass is 382 g/mol. The summed E-state index contributed by atoms with van der Waals surface area (Å²) in [5, 5.41) is 11.9. The molecule has 1 N–H and O–H groups in total. The number of imidazole rings is 1. The second kappa shape index (κ2) is 7.49. The SMILES string of the molecule is COc1ccccc1C(=O)Nc1ccc2nc(-c3ccc(C#N)cc3)n(C)c2c1. The number of anilines is 1. The minimum atomic E-state index is -0.240. The van der Waals surface area contributed by atoms with Gasteiger partial charge in [0, 0.05) is 18.3 Å². The summed E-state index contributed by atoms with van der Waals surface area (Å²) in [6, 6.07) is 22.1. The second-order valence-corrected chi connectivity index (χ2v) is 6.54. The lowest BCUT2D eigenvalue weighted by Crippen LogP contribution is -2.13. The van der Waals surface area contributed by atoms with Crippen LogP contribution >= 0.6 is 0 Å². The number of nitrogens with one attached hydrogen (secondary N) is 1. The van der Waals surface area contributed by atoms with Crippen LogP contribution in [0, 0.1) is 11.3 Å². The Balaban J connectivity index is 1.66. The third-order valence-corrected chi connectivity index (χ3v) is 4.76. The number of carbonyl (C=O) groups is 1. The van der Waals surface area contributed by atoms with Gasteiger partial charge in [-0.15, -0.1) is 0 Å². The van der Waals surface area contributed by atoms with Gasteiger partial charge >= 0.3 is 0 Å². The molecule has 0 aliphatic carbocycles. The van der Waals surface area contributed by atoms with E-state index in [2.05, 4.69) is 11.4 Å². The van der Waals surface area contributed by atoms with E-state index >= 15 is 0 Å². The summed E-state index contributed by atoms with van der Waals surface area (Å²) in [6.07, 6.45) is 0. The van der Waals surface area contributed by atoms with Crippen molar-refractivity contribution in [2.45, 2.75) is 0 Å². The zero-order valence-corrected chi connectivity index (χ0v) is 16.0. The molecule has 0 unspecified atom stereocenters. The van der Waals surface area contributed by atoms with Gasteiger partial charge in [0.15, 0.2) is 0 Å². The van der Waals surface area contributed by atoms with Crippen LogP contribution in [-0.4, -0.2) is 22.6 Å². The fraction of sp³-hybridized carbons (Fsp3) is 0.0870. The number of methoxy groups -OCH3 is 1. The molecule has 3 aromatic carbocycles. The van der Waals surface area contributed by atoms with Gasteiger partial charge in [0.1, 0.15) is 11.6 Å². The first-order valence-electron chi connectivity index (χ1n) is 9.02. The Morgan fingerprint density at radius 3 is 2.59 bits per heavy atom. The number of aromatic nitrogens is 2. The number of para-hydroxylation sites is 1. The fourth-order valence-electron chi connectivity index (χ4n) is 3.25. The van der Waals surface area contributed by atoms with Crippen molar-refractivity contribution in [1.29, 1.82) is 5.26 Å². The Morgan fingerprint density at radius 2 is 1.86 bits per heavy atom. The molecule has 0 saturated heterocycles. The molecule has 4 rings (SSSR count). The van der Waals surface area contributed by atoms with Crippen molar-refractivity contribution >= 4 is 22.6 Å². The van der Waals surface area contributed by atoms with E-state index in [9.17, 15) is 4.79 Å². The molecule has 1 aromatic heterocycles. The summed E-state index contributed by atoms with van der Waals surface area (Å²) in [5.74, 6) is 1.07. The van der Waals surface area contributed by atoms with Crippen LogP contribution in [0.15, 0.2) is 66.7 Å². The first-order chi connectivity index (χ1) is 14.1. The molecule has 0 atom stereocenters. The zero-order valence-electron chi connectivity index (χ0n) is 16.0. The topological polar surface area (TPSA) is 79.9 Å². The van der Waals surface area contributed by atoms with E-state index in [0.29, 0.717) is 22.6 Å². The maximum Gasteiger partial charge on any atom is 0.259 e. The number of benzene rings is 3. The van der Waals surface area contributed by atoms with Crippen LogP contribution in [-0.2, 0) is 7.05 Å². The van der Waals surface area contributed by atoms with Crippen LogP contribution in [0.4, 0.5) is 5.69 Å². The maximum absolute atomic E-state index is 12.7. The van der Waals surface area contributed by atoms with Crippen molar-refractivity contribution < 1.29 is 9.53 Å². The lowest BCUT2D eigenvalue weighted by atomic mass is 10.1. The average Bonchev–Trinajstić information content (AvgIpc) is 3.09. The number of aryl methyl sites for hydroxylation is 1. The summed E-state index contributed by atoms with van der Waals surface area (Å²) in [4.78, 5) is 17.4. The summed E-state index contributed by atoms with van der Waals surface area (Å²) in [6.45, 7) is 0. The van der Waals surface area contributed by atoms with Crippen molar-refractivity contribution in [3.05, 3.63) is 77.9 Å². The van der Waals surface area contributed by atoms with Gasteiger partial charge in [0.05, 0.1) is 35.3 Å². The number of carbonyl (C=O) groups excluding carboxylic acids is 1. The fourth-order valence-corrected chi connectivity index (χ4v) is 3.25. The van der Waals surface area contributed by atoms with E-state index in [1.165, 1.54) is 0 Å². The lowest BCUT2D eigenvalue weighted by molar-refractivity contribution is 0.102. The second-order valence-electron chi connectivity index (χ2n) is 6.54. The van der Waals surface area contributed by atoms with Crippen molar-refractivity contribution in [2.24, 2.45) is 7.05 Å². The van der Waals surface area contributed by atoms with Gasteiger partial charge in [-0.25, -0.2) is 4.98 Å². The largest absolute Gasteiger partial charge is 0.496 e. The van der Waals surface area contributed by atoms with Crippen LogP contribution < -0.4 is 10.1 Å². The number of rotatable bonds is 4. The molecule has 0 bridgehead atoms. The highest BCUT2D eigenvalue weighted by Gasteiger charge is 2.14. The molecule has 0 fully saturated rings. The van der Waals surface area contributed by atoms with E-state index in [0.717, 1.165) is 22.4 Å². The number of hydrogen-bond acceptors (Lipinski definition) is 4. The van der Waals surface area contributed by atoms with Gasteiger partial charge < -0.3 is 14.6 Å². The molecule has 0 spiro atoms. The molecule has 6 heteroatoms. The molecule has 6 nitrogen and oxygen atoms in total. The maximum atomic E-state index is 12.7. The Bertz CT molecular complexity index is 1250. The average molecular weight is 382 g/mol. The van der Waals surface area contributed by atoms with E-state index in [1.54, 1.807) is 37.4 Å². The molecule has 0 saturated carbocycles. The van der Waals surface area contributed by atoms with Crippen LogP contribution in [0.3, 0.4) is 0 Å². The number of ether oxygens (including phenoxy) is 1. The molecule has 1 amide bonds.